The molecular weight excluding hydrogens is 692 g/mol. The number of likely N-dealkylation sites (tertiary alicyclic amines) is 1. The molecule has 2 aromatic rings. The molecule has 6 N–H and O–H groups in total. The van der Waals surface area contributed by atoms with E-state index in [0.29, 0.717) is 12.0 Å². The van der Waals surface area contributed by atoms with Crippen LogP contribution in [0.5, 0.6) is 0 Å². The molecule has 1 heterocycles. The van der Waals surface area contributed by atoms with Crippen molar-refractivity contribution in [3.63, 3.8) is 0 Å². The number of ketones is 1. The first-order valence-electron chi connectivity index (χ1n) is 18.8. The Morgan fingerprint density at radius 1 is 0.870 bits per heavy atom. The highest BCUT2D eigenvalue weighted by Crippen LogP contribution is 2.35. The van der Waals surface area contributed by atoms with Crippen molar-refractivity contribution in [2.45, 2.75) is 115 Å². The van der Waals surface area contributed by atoms with Crippen LogP contribution in [0.4, 0.5) is 4.79 Å². The minimum absolute atomic E-state index is 0.121. The van der Waals surface area contributed by atoms with Crippen LogP contribution in [-0.2, 0) is 33.5 Å². The predicted octanol–water partition coefficient (Wildman–Crippen LogP) is 3.16. The monoisotopic (exact) mass is 746 g/mol. The Morgan fingerprint density at radius 2 is 1.50 bits per heavy atom. The summed E-state index contributed by atoms with van der Waals surface area (Å²) in [6.45, 7) is 6.60. The zero-order valence-electron chi connectivity index (χ0n) is 31.6. The molecule has 1 saturated heterocycles. The fraction of sp³-hybridized carbons (Fsp3) is 0.525. The lowest BCUT2D eigenvalue weighted by molar-refractivity contribution is -0.143. The van der Waals surface area contributed by atoms with Crippen LogP contribution in [0.15, 0.2) is 60.7 Å². The summed E-state index contributed by atoms with van der Waals surface area (Å²) in [7, 11) is 0. The molecule has 14 nitrogen and oxygen atoms in total. The number of carbonyl (C=O) groups excluding carboxylic acids is 7. The molecule has 54 heavy (non-hydrogen) atoms. The Bertz CT molecular complexity index is 1640. The molecule has 0 spiro atoms. The van der Waals surface area contributed by atoms with Crippen LogP contribution in [0.3, 0.4) is 0 Å². The van der Waals surface area contributed by atoms with Gasteiger partial charge in [-0.2, -0.15) is 0 Å². The lowest BCUT2D eigenvalue weighted by Gasteiger charge is -2.35. The average Bonchev–Trinajstić information content (AvgIpc) is 3.60. The number of alkyl carbamates (subject to hydrolysis) is 1. The third-order valence-electron chi connectivity index (χ3n) is 9.78. The molecule has 5 atom stereocenters. The standard InChI is InChI=1S/C40H54N6O8/c1-5-15-29(34(48)37(51)42-23-31(47)44-32(35(41)49)26-18-11-7-12-19-26)43-36(50)30-22-28(25-16-9-6-10-17-25)24-46(30)38(52)33(27-20-13-8-14-21-27)45-39(53)54-40(2,3)4/h6-7,9-12,16-19,27-30,32-33H,5,8,13-15,20-24H2,1-4H3,(H2,41,49)(H,42,51)(H,43,50)(H,44,47)(H,45,53)/t28-,29?,30?,32+,33+/m1/s1. The number of nitrogens with one attached hydrogen (secondary N) is 4. The third kappa shape index (κ3) is 11.6. The van der Waals surface area contributed by atoms with E-state index in [4.69, 9.17) is 10.5 Å². The Morgan fingerprint density at radius 3 is 2.09 bits per heavy atom. The first kappa shape index (κ1) is 41.5. The van der Waals surface area contributed by atoms with Gasteiger partial charge in [0.25, 0.3) is 5.91 Å². The fourth-order valence-corrected chi connectivity index (χ4v) is 7.16. The number of carbonyl (C=O) groups is 7. The number of amides is 6. The van der Waals surface area contributed by atoms with Gasteiger partial charge in [-0.05, 0) is 63.5 Å². The van der Waals surface area contributed by atoms with Gasteiger partial charge in [0.05, 0.1) is 12.6 Å². The molecule has 1 aliphatic carbocycles. The van der Waals surface area contributed by atoms with E-state index >= 15 is 0 Å². The molecule has 6 amide bonds. The normalized spacial score (nSPS) is 19.1. The van der Waals surface area contributed by atoms with E-state index in [9.17, 15) is 33.6 Å². The maximum atomic E-state index is 14.5. The maximum Gasteiger partial charge on any atom is 0.408 e. The Kier molecular flexibility index (Phi) is 14.7. The molecule has 292 valence electrons. The molecule has 0 bridgehead atoms. The maximum absolute atomic E-state index is 14.5. The quantitative estimate of drug-likeness (QED) is 0.171. The second-order valence-electron chi connectivity index (χ2n) is 15.1. The Labute approximate surface area is 316 Å². The lowest BCUT2D eigenvalue weighted by atomic mass is 9.83. The van der Waals surface area contributed by atoms with Gasteiger partial charge in [-0.25, -0.2) is 4.79 Å². The van der Waals surface area contributed by atoms with E-state index in [2.05, 4.69) is 21.3 Å². The molecule has 0 radical (unpaired) electrons. The molecule has 2 aliphatic rings. The smallest absolute Gasteiger partial charge is 0.408 e. The second kappa shape index (κ2) is 19.2. The van der Waals surface area contributed by atoms with Crippen molar-refractivity contribution in [2.75, 3.05) is 13.1 Å². The minimum atomic E-state index is -1.24. The number of Topliss-reactive ketones (excluding diaryl/α,β-unsaturated/α-hetero) is 1. The highest BCUT2D eigenvalue weighted by Gasteiger charge is 2.45. The largest absolute Gasteiger partial charge is 0.444 e. The molecule has 2 unspecified atom stereocenters. The SMILES string of the molecule is CCCC(NC(=O)C1C[C@@H](c2ccccc2)CN1C(=O)[C@@H](NC(=O)OC(C)(C)C)C1CCCCC1)C(=O)C(=O)NCC(=O)N[C@H](C(N)=O)c1ccccc1. The second-order valence-corrected chi connectivity index (χ2v) is 15.1. The van der Waals surface area contributed by atoms with E-state index in [-0.39, 0.29) is 31.2 Å². The Balaban J connectivity index is 1.50. The minimum Gasteiger partial charge on any atom is -0.444 e. The van der Waals surface area contributed by atoms with Crippen molar-refractivity contribution in [2.24, 2.45) is 11.7 Å². The van der Waals surface area contributed by atoms with E-state index in [1.165, 1.54) is 4.90 Å². The van der Waals surface area contributed by atoms with E-state index in [1.807, 2.05) is 30.3 Å². The first-order valence-corrected chi connectivity index (χ1v) is 18.8. The molecule has 2 aromatic carbocycles. The molecule has 0 aromatic heterocycles. The van der Waals surface area contributed by atoms with Crippen molar-refractivity contribution in [3.05, 3.63) is 71.8 Å². The van der Waals surface area contributed by atoms with Crippen LogP contribution in [0.25, 0.3) is 0 Å². The summed E-state index contributed by atoms with van der Waals surface area (Å²) < 4.78 is 5.53. The summed E-state index contributed by atoms with van der Waals surface area (Å²) in [5.74, 6) is -4.98. The van der Waals surface area contributed by atoms with Crippen LogP contribution < -0.4 is 27.0 Å². The van der Waals surface area contributed by atoms with Gasteiger partial charge in [-0.1, -0.05) is 93.3 Å². The van der Waals surface area contributed by atoms with Crippen LogP contribution in [0.2, 0.25) is 0 Å². The van der Waals surface area contributed by atoms with Crippen molar-refractivity contribution in [1.29, 1.82) is 0 Å². The van der Waals surface area contributed by atoms with Gasteiger partial charge in [0.15, 0.2) is 0 Å². The summed E-state index contributed by atoms with van der Waals surface area (Å²) >= 11 is 0. The van der Waals surface area contributed by atoms with Gasteiger partial charge in [0.2, 0.25) is 29.4 Å². The van der Waals surface area contributed by atoms with Gasteiger partial charge in [-0.15, -0.1) is 0 Å². The number of benzene rings is 2. The first-order chi connectivity index (χ1) is 25.7. The van der Waals surface area contributed by atoms with Crippen molar-refractivity contribution in [1.82, 2.24) is 26.2 Å². The number of rotatable bonds is 15. The molecule has 4 rings (SSSR count). The summed E-state index contributed by atoms with van der Waals surface area (Å²) in [5.41, 5.74) is 6.07. The van der Waals surface area contributed by atoms with Crippen LogP contribution >= 0.6 is 0 Å². The zero-order chi connectivity index (χ0) is 39.4. The molecule has 14 heteroatoms. The lowest BCUT2D eigenvalue weighted by Crippen LogP contribution is -2.58. The van der Waals surface area contributed by atoms with E-state index < -0.39 is 77.7 Å². The number of ether oxygens (including phenoxy) is 1. The summed E-state index contributed by atoms with van der Waals surface area (Å²) in [4.78, 5) is 94.3. The highest BCUT2D eigenvalue weighted by molar-refractivity contribution is 6.38. The van der Waals surface area contributed by atoms with Crippen LogP contribution in [-0.4, -0.2) is 83.1 Å². The summed E-state index contributed by atoms with van der Waals surface area (Å²) in [6.07, 6.45) is 4.40. The zero-order valence-corrected chi connectivity index (χ0v) is 31.6. The predicted molar refractivity (Wildman–Crippen MR) is 200 cm³/mol. The van der Waals surface area contributed by atoms with Gasteiger partial charge < -0.3 is 36.6 Å². The van der Waals surface area contributed by atoms with Crippen molar-refractivity contribution < 1.29 is 38.3 Å². The Hall–Kier alpha value is -5.27. The fourth-order valence-electron chi connectivity index (χ4n) is 7.16. The molecule has 1 saturated carbocycles. The van der Waals surface area contributed by atoms with Crippen molar-refractivity contribution in [3.8, 4) is 0 Å². The van der Waals surface area contributed by atoms with Crippen molar-refractivity contribution >= 4 is 41.4 Å². The van der Waals surface area contributed by atoms with E-state index in [1.54, 1.807) is 58.0 Å². The van der Waals surface area contributed by atoms with Gasteiger partial charge in [-0.3, -0.25) is 28.8 Å². The average molecular weight is 747 g/mol. The number of nitrogens with two attached hydrogens (primary N) is 1. The number of primary amides is 1. The van der Waals surface area contributed by atoms with E-state index in [0.717, 1.165) is 37.7 Å². The number of hydrogen-bond donors (Lipinski definition) is 5. The van der Waals surface area contributed by atoms with Crippen LogP contribution in [0, 0.1) is 5.92 Å². The van der Waals surface area contributed by atoms with Gasteiger partial charge in [0.1, 0.15) is 23.7 Å². The van der Waals surface area contributed by atoms with Crippen LogP contribution in [0.1, 0.15) is 102 Å². The van der Waals surface area contributed by atoms with Gasteiger partial charge in [0, 0.05) is 12.5 Å². The summed E-state index contributed by atoms with van der Waals surface area (Å²) in [5, 5.41) is 10.3. The number of nitrogens with zero attached hydrogens (tertiary/aromatic N) is 1. The number of hydrogen-bond acceptors (Lipinski definition) is 8. The molecule has 2 fully saturated rings. The molecular formula is C40H54N6O8. The summed E-state index contributed by atoms with van der Waals surface area (Å²) in [6, 6.07) is 13.5. The molecule has 1 aliphatic heterocycles. The van der Waals surface area contributed by atoms with Gasteiger partial charge >= 0.3 is 6.09 Å². The third-order valence-corrected chi connectivity index (χ3v) is 9.78. The highest BCUT2D eigenvalue weighted by atomic mass is 16.6. The topological polar surface area (TPSA) is 206 Å².